The van der Waals surface area contributed by atoms with E-state index in [2.05, 4.69) is 46.6 Å². The van der Waals surface area contributed by atoms with Crippen LogP contribution in [0.15, 0.2) is 60.7 Å². The molecule has 1 aliphatic rings. The number of halogens is 1. The highest BCUT2D eigenvalue weighted by Gasteiger charge is 2.25. The van der Waals surface area contributed by atoms with Crippen LogP contribution in [0.2, 0.25) is 0 Å². The topological polar surface area (TPSA) is 32.3 Å². The fourth-order valence-corrected chi connectivity index (χ4v) is 3.31. The Morgan fingerprint density at radius 3 is 2.08 bits per heavy atom. The molecular formula is C21H27ClN2O. The van der Waals surface area contributed by atoms with E-state index in [1.54, 1.807) is 0 Å². The molecule has 1 saturated heterocycles. The molecule has 3 nitrogen and oxygen atoms in total. The Labute approximate surface area is 156 Å². The van der Waals surface area contributed by atoms with Gasteiger partial charge in [0.15, 0.2) is 0 Å². The summed E-state index contributed by atoms with van der Waals surface area (Å²) in [7, 11) is 0. The molecule has 0 atom stereocenters. The maximum absolute atomic E-state index is 13.0. The molecule has 1 amide bonds. The first kappa shape index (κ1) is 19.5. The van der Waals surface area contributed by atoms with Crippen LogP contribution in [0.4, 0.5) is 0 Å². The highest BCUT2D eigenvalue weighted by Crippen LogP contribution is 2.18. The summed E-state index contributed by atoms with van der Waals surface area (Å²) in [5.41, 5.74) is 2.49. The predicted octanol–water partition coefficient (Wildman–Crippen LogP) is 3.68. The minimum atomic E-state index is 0. The maximum atomic E-state index is 13.0. The molecule has 0 aliphatic carbocycles. The molecule has 1 N–H and O–H groups in total. The van der Waals surface area contributed by atoms with E-state index in [4.69, 9.17) is 0 Å². The summed E-state index contributed by atoms with van der Waals surface area (Å²) in [4.78, 5) is 15.1. The Morgan fingerprint density at radius 1 is 0.920 bits per heavy atom. The Morgan fingerprint density at radius 2 is 1.48 bits per heavy atom. The lowest BCUT2D eigenvalue weighted by Gasteiger charge is -2.30. The van der Waals surface area contributed by atoms with Crippen molar-refractivity contribution in [2.24, 2.45) is 5.92 Å². The van der Waals surface area contributed by atoms with Gasteiger partial charge in [-0.1, -0.05) is 60.7 Å². The summed E-state index contributed by atoms with van der Waals surface area (Å²) in [5.74, 6) is 0.488. The highest BCUT2D eigenvalue weighted by atomic mass is 35.5. The monoisotopic (exact) mass is 358 g/mol. The SMILES string of the molecule is Cl.O=C(C1CCNCC1)N(CCc1ccccc1)Cc1ccccc1. The lowest BCUT2D eigenvalue weighted by Crippen LogP contribution is -2.41. The molecule has 3 rings (SSSR count). The zero-order valence-corrected chi connectivity index (χ0v) is 15.4. The van der Waals surface area contributed by atoms with Crippen LogP contribution in [0.3, 0.4) is 0 Å². The van der Waals surface area contributed by atoms with Gasteiger partial charge in [0.1, 0.15) is 0 Å². The third-order valence-corrected chi connectivity index (χ3v) is 4.73. The molecule has 2 aromatic carbocycles. The van der Waals surface area contributed by atoms with Gasteiger partial charge in [0, 0.05) is 19.0 Å². The molecule has 1 fully saturated rings. The lowest BCUT2D eigenvalue weighted by molar-refractivity contribution is -0.137. The van der Waals surface area contributed by atoms with Gasteiger partial charge in [-0.2, -0.15) is 0 Å². The zero-order valence-electron chi connectivity index (χ0n) is 14.6. The van der Waals surface area contributed by atoms with Gasteiger partial charge >= 0.3 is 0 Å². The minimum absolute atomic E-state index is 0. The number of amides is 1. The largest absolute Gasteiger partial charge is 0.338 e. The van der Waals surface area contributed by atoms with Crippen molar-refractivity contribution in [3.8, 4) is 0 Å². The van der Waals surface area contributed by atoms with Crippen LogP contribution in [0.25, 0.3) is 0 Å². The normalized spacial score (nSPS) is 14.6. The Balaban J connectivity index is 0.00000225. The van der Waals surface area contributed by atoms with Crippen LogP contribution in [-0.2, 0) is 17.8 Å². The van der Waals surface area contributed by atoms with Crippen molar-refractivity contribution in [2.75, 3.05) is 19.6 Å². The Kier molecular flexibility index (Phi) is 7.96. The first-order valence-electron chi connectivity index (χ1n) is 8.90. The van der Waals surface area contributed by atoms with Crippen molar-refractivity contribution < 1.29 is 4.79 Å². The number of carbonyl (C=O) groups is 1. The number of hydrogen-bond acceptors (Lipinski definition) is 2. The first-order chi connectivity index (χ1) is 11.8. The van der Waals surface area contributed by atoms with E-state index in [-0.39, 0.29) is 18.3 Å². The third kappa shape index (κ3) is 5.87. The Bertz CT molecular complexity index is 627. The molecular weight excluding hydrogens is 332 g/mol. The van der Waals surface area contributed by atoms with Crippen LogP contribution in [-0.4, -0.2) is 30.4 Å². The van der Waals surface area contributed by atoms with E-state index in [1.165, 1.54) is 11.1 Å². The smallest absolute Gasteiger partial charge is 0.226 e. The number of hydrogen-bond donors (Lipinski definition) is 1. The second-order valence-corrected chi connectivity index (χ2v) is 6.51. The van der Waals surface area contributed by atoms with E-state index in [0.717, 1.165) is 38.9 Å². The van der Waals surface area contributed by atoms with Gasteiger partial charge in [-0.05, 0) is 43.5 Å². The summed E-state index contributed by atoms with van der Waals surface area (Å²) in [5, 5.41) is 3.35. The molecule has 2 aromatic rings. The summed E-state index contributed by atoms with van der Waals surface area (Å²) < 4.78 is 0. The number of rotatable bonds is 6. The van der Waals surface area contributed by atoms with Gasteiger partial charge in [-0.25, -0.2) is 0 Å². The number of carbonyl (C=O) groups excluding carboxylic acids is 1. The predicted molar refractivity (Wildman–Crippen MR) is 105 cm³/mol. The summed E-state index contributed by atoms with van der Waals surface area (Å²) in [6, 6.07) is 20.7. The molecule has 0 radical (unpaired) electrons. The van der Waals surface area contributed by atoms with Crippen LogP contribution in [0, 0.1) is 5.92 Å². The maximum Gasteiger partial charge on any atom is 0.226 e. The van der Waals surface area contributed by atoms with Crippen LogP contribution in [0.5, 0.6) is 0 Å². The van der Waals surface area contributed by atoms with Crippen molar-refractivity contribution in [3.05, 3.63) is 71.8 Å². The van der Waals surface area contributed by atoms with E-state index in [0.29, 0.717) is 12.5 Å². The van der Waals surface area contributed by atoms with E-state index in [9.17, 15) is 4.79 Å². The average Bonchev–Trinajstić information content (AvgIpc) is 2.67. The fraction of sp³-hybridized carbons (Fsp3) is 0.381. The molecule has 0 bridgehead atoms. The molecule has 134 valence electrons. The molecule has 0 unspecified atom stereocenters. The van der Waals surface area contributed by atoms with Gasteiger partial charge in [-0.15, -0.1) is 12.4 Å². The third-order valence-electron chi connectivity index (χ3n) is 4.73. The highest BCUT2D eigenvalue weighted by molar-refractivity contribution is 5.85. The van der Waals surface area contributed by atoms with Crippen LogP contribution >= 0.6 is 12.4 Å². The van der Waals surface area contributed by atoms with Crippen molar-refractivity contribution in [3.63, 3.8) is 0 Å². The second-order valence-electron chi connectivity index (χ2n) is 6.51. The number of piperidine rings is 1. The van der Waals surface area contributed by atoms with Crippen molar-refractivity contribution in [2.45, 2.75) is 25.8 Å². The van der Waals surface area contributed by atoms with Crippen molar-refractivity contribution in [1.82, 2.24) is 10.2 Å². The summed E-state index contributed by atoms with van der Waals surface area (Å²) in [6.45, 7) is 3.39. The molecule has 25 heavy (non-hydrogen) atoms. The quantitative estimate of drug-likeness (QED) is 0.854. The first-order valence-corrected chi connectivity index (χ1v) is 8.90. The van der Waals surface area contributed by atoms with Crippen molar-refractivity contribution >= 4 is 18.3 Å². The van der Waals surface area contributed by atoms with Crippen LogP contribution in [0.1, 0.15) is 24.0 Å². The fourth-order valence-electron chi connectivity index (χ4n) is 3.31. The van der Waals surface area contributed by atoms with Gasteiger partial charge in [0.05, 0.1) is 0 Å². The Hall–Kier alpha value is -1.84. The van der Waals surface area contributed by atoms with Gasteiger partial charge in [0.2, 0.25) is 5.91 Å². The van der Waals surface area contributed by atoms with E-state index in [1.807, 2.05) is 24.3 Å². The minimum Gasteiger partial charge on any atom is -0.338 e. The zero-order chi connectivity index (χ0) is 16.6. The summed E-state index contributed by atoms with van der Waals surface area (Å²) >= 11 is 0. The molecule has 0 spiro atoms. The van der Waals surface area contributed by atoms with Crippen LogP contribution < -0.4 is 5.32 Å². The van der Waals surface area contributed by atoms with Gasteiger partial charge < -0.3 is 10.2 Å². The lowest BCUT2D eigenvalue weighted by atomic mass is 9.96. The van der Waals surface area contributed by atoms with Gasteiger partial charge in [-0.3, -0.25) is 4.79 Å². The standard InChI is InChI=1S/C21H26N2O.ClH/c24-21(20-11-14-22-15-12-20)23(17-19-9-5-2-6-10-19)16-13-18-7-3-1-4-8-18;/h1-10,20,22H,11-17H2;1H. The van der Waals surface area contributed by atoms with E-state index < -0.39 is 0 Å². The average molecular weight is 359 g/mol. The molecule has 1 heterocycles. The second kappa shape index (κ2) is 10.2. The van der Waals surface area contributed by atoms with Crippen molar-refractivity contribution in [1.29, 1.82) is 0 Å². The summed E-state index contributed by atoms with van der Waals surface area (Å²) in [6.07, 6.45) is 2.81. The molecule has 0 saturated carbocycles. The van der Waals surface area contributed by atoms with E-state index >= 15 is 0 Å². The molecule has 0 aromatic heterocycles. The number of nitrogens with one attached hydrogen (secondary N) is 1. The van der Waals surface area contributed by atoms with Gasteiger partial charge in [0.25, 0.3) is 0 Å². The number of benzene rings is 2. The molecule has 4 heteroatoms. The number of nitrogens with zero attached hydrogens (tertiary/aromatic N) is 1. The molecule has 1 aliphatic heterocycles.